The second-order valence-corrected chi connectivity index (χ2v) is 7.90. The van der Waals surface area contributed by atoms with Gasteiger partial charge >= 0.3 is 6.03 Å². The molecule has 0 radical (unpaired) electrons. The highest BCUT2D eigenvalue weighted by atomic mass is 35.5. The minimum Gasteiger partial charge on any atom is -0.353 e. The molecule has 1 saturated heterocycles. The summed E-state index contributed by atoms with van der Waals surface area (Å²) in [5.41, 5.74) is 0.378. The second-order valence-electron chi connectivity index (χ2n) is 7.53. The number of hydrogen-bond acceptors (Lipinski definition) is 2. The standard InChI is InChI=1S/C18H20ClF2N3O2/c1-9-16(25)22-6-7-24(9)17(26)23-15(11-8-18(11)4-5-18)10-2-3-12(20)13(19)14(10)21/h2-3,9,11,15H,4-8H2,1H3,(H,22,25)(H,23,26)/t9-,11-,15-/m1/s1. The van der Waals surface area contributed by atoms with Crippen LogP contribution in [-0.4, -0.2) is 36.0 Å². The van der Waals surface area contributed by atoms with Crippen LogP contribution in [0, 0.1) is 23.0 Å². The summed E-state index contributed by atoms with van der Waals surface area (Å²) in [7, 11) is 0. The lowest BCUT2D eigenvalue weighted by molar-refractivity contribution is -0.126. The van der Waals surface area contributed by atoms with Crippen LogP contribution in [0.15, 0.2) is 12.1 Å². The van der Waals surface area contributed by atoms with Gasteiger partial charge in [0, 0.05) is 18.7 Å². The highest BCUT2D eigenvalue weighted by Gasteiger charge is 2.65. The zero-order valence-electron chi connectivity index (χ0n) is 14.3. The highest BCUT2D eigenvalue weighted by Crippen LogP contribution is 2.74. The van der Waals surface area contributed by atoms with Crippen LogP contribution in [0.2, 0.25) is 5.02 Å². The number of piperazine rings is 1. The van der Waals surface area contributed by atoms with Crippen LogP contribution in [-0.2, 0) is 4.79 Å². The molecule has 1 aliphatic heterocycles. The van der Waals surface area contributed by atoms with Crippen LogP contribution in [0.3, 0.4) is 0 Å². The van der Waals surface area contributed by atoms with Gasteiger partial charge in [0.25, 0.3) is 0 Å². The van der Waals surface area contributed by atoms with E-state index < -0.39 is 34.8 Å². The Kier molecular flexibility index (Phi) is 4.10. The number of benzene rings is 1. The lowest BCUT2D eigenvalue weighted by Crippen LogP contribution is -2.58. The maximum absolute atomic E-state index is 14.6. The molecule has 1 aromatic rings. The summed E-state index contributed by atoms with van der Waals surface area (Å²) < 4.78 is 28.1. The van der Waals surface area contributed by atoms with Crippen molar-refractivity contribution >= 4 is 23.5 Å². The number of amides is 3. The van der Waals surface area contributed by atoms with Crippen LogP contribution in [0.25, 0.3) is 0 Å². The number of nitrogens with zero attached hydrogens (tertiary/aromatic N) is 1. The van der Waals surface area contributed by atoms with Crippen molar-refractivity contribution in [3.8, 4) is 0 Å². The predicted molar refractivity (Wildman–Crippen MR) is 91.6 cm³/mol. The first-order valence-electron chi connectivity index (χ1n) is 8.82. The number of urea groups is 1. The fourth-order valence-corrected chi connectivity index (χ4v) is 4.21. The van der Waals surface area contributed by atoms with E-state index in [2.05, 4.69) is 10.6 Å². The molecule has 0 unspecified atom stereocenters. The molecule has 5 nitrogen and oxygen atoms in total. The van der Waals surface area contributed by atoms with Crippen molar-refractivity contribution in [1.29, 1.82) is 0 Å². The summed E-state index contributed by atoms with van der Waals surface area (Å²) in [6, 6.07) is 0.876. The predicted octanol–water partition coefficient (Wildman–Crippen LogP) is 2.99. The smallest absolute Gasteiger partial charge is 0.318 e. The van der Waals surface area contributed by atoms with Crippen LogP contribution in [0.1, 0.15) is 37.8 Å². The maximum atomic E-state index is 14.6. The summed E-state index contributed by atoms with van der Waals surface area (Å²) in [4.78, 5) is 26.0. The van der Waals surface area contributed by atoms with Gasteiger partial charge < -0.3 is 15.5 Å². The van der Waals surface area contributed by atoms with Gasteiger partial charge in [-0.2, -0.15) is 0 Å². The van der Waals surface area contributed by atoms with Crippen LogP contribution in [0.4, 0.5) is 13.6 Å². The molecule has 3 amide bonds. The topological polar surface area (TPSA) is 61.4 Å². The first-order valence-corrected chi connectivity index (χ1v) is 9.20. The Bertz CT molecular complexity index is 784. The Balaban J connectivity index is 1.60. The Morgan fingerprint density at radius 2 is 2.15 bits per heavy atom. The van der Waals surface area contributed by atoms with E-state index in [4.69, 9.17) is 11.6 Å². The summed E-state index contributed by atoms with van der Waals surface area (Å²) in [5.74, 6) is -1.76. The van der Waals surface area contributed by atoms with Crippen LogP contribution < -0.4 is 10.6 Å². The van der Waals surface area contributed by atoms with E-state index in [9.17, 15) is 18.4 Å². The van der Waals surface area contributed by atoms with E-state index >= 15 is 0 Å². The van der Waals surface area contributed by atoms with Gasteiger partial charge in [-0.05, 0) is 43.6 Å². The Labute approximate surface area is 155 Å². The van der Waals surface area contributed by atoms with Crippen molar-refractivity contribution in [2.45, 2.75) is 38.3 Å². The fourth-order valence-electron chi connectivity index (χ4n) is 4.04. The van der Waals surface area contributed by atoms with Crippen molar-refractivity contribution < 1.29 is 18.4 Å². The molecule has 140 valence electrons. The molecular weight excluding hydrogens is 364 g/mol. The van der Waals surface area contributed by atoms with E-state index in [-0.39, 0.29) is 22.8 Å². The molecule has 26 heavy (non-hydrogen) atoms. The van der Waals surface area contributed by atoms with Gasteiger partial charge in [-0.1, -0.05) is 17.7 Å². The molecule has 1 aromatic carbocycles. The van der Waals surface area contributed by atoms with Gasteiger partial charge in [0.15, 0.2) is 0 Å². The number of nitrogens with one attached hydrogen (secondary N) is 2. The van der Waals surface area contributed by atoms with Crippen LogP contribution in [0.5, 0.6) is 0 Å². The van der Waals surface area contributed by atoms with Crippen molar-refractivity contribution in [3.63, 3.8) is 0 Å². The lowest BCUT2D eigenvalue weighted by atomic mass is 9.99. The molecule has 1 spiro atoms. The number of hydrogen-bond donors (Lipinski definition) is 2. The second kappa shape index (κ2) is 6.08. The summed E-state index contributed by atoms with van der Waals surface area (Å²) >= 11 is 5.74. The molecule has 8 heteroatoms. The summed E-state index contributed by atoms with van der Waals surface area (Å²) in [5, 5.41) is 5.03. The number of rotatable bonds is 3. The molecule has 3 aliphatic rings. The third-order valence-electron chi connectivity index (χ3n) is 5.99. The lowest BCUT2D eigenvalue weighted by Gasteiger charge is -2.34. The number of carbonyl (C=O) groups excluding carboxylic acids is 2. The molecular formula is C18H20ClF2N3O2. The van der Waals surface area contributed by atoms with Crippen molar-refractivity contribution in [1.82, 2.24) is 15.5 Å². The zero-order valence-corrected chi connectivity index (χ0v) is 15.1. The van der Waals surface area contributed by atoms with Gasteiger partial charge in [0.1, 0.15) is 22.7 Å². The average Bonchev–Trinajstić information content (AvgIpc) is 3.53. The van der Waals surface area contributed by atoms with Crippen LogP contribution >= 0.6 is 11.6 Å². The molecule has 2 saturated carbocycles. The summed E-state index contributed by atoms with van der Waals surface area (Å²) in [6.45, 7) is 2.41. The van der Waals surface area contributed by atoms with E-state index in [0.717, 1.165) is 25.3 Å². The molecule has 3 atom stereocenters. The van der Waals surface area contributed by atoms with E-state index in [1.807, 2.05) is 0 Å². The SMILES string of the molecule is C[C@@H]1C(=O)NCCN1C(=O)N[C@H](c1ccc(F)c(Cl)c1F)[C@H]1CC12CC2. The molecule has 2 N–H and O–H groups in total. The third kappa shape index (κ3) is 2.82. The van der Waals surface area contributed by atoms with E-state index in [0.29, 0.717) is 13.1 Å². The third-order valence-corrected chi connectivity index (χ3v) is 6.33. The normalized spacial score (nSPS) is 27.1. The van der Waals surface area contributed by atoms with Gasteiger partial charge in [-0.15, -0.1) is 0 Å². The first-order chi connectivity index (χ1) is 12.3. The average molecular weight is 384 g/mol. The minimum absolute atomic E-state index is 0.108. The molecule has 0 aromatic heterocycles. The quantitative estimate of drug-likeness (QED) is 0.788. The van der Waals surface area contributed by atoms with Crippen molar-refractivity contribution in [3.05, 3.63) is 34.4 Å². The number of carbonyl (C=O) groups is 2. The highest BCUT2D eigenvalue weighted by molar-refractivity contribution is 6.31. The first kappa shape index (κ1) is 17.5. The Morgan fingerprint density at radius 3 is 2.81 bits per heavy atom. The fraction of sp³-hybridized carbons (Fsp3) is 0.556. The van der Waals surface area contributed by atoms with Gasteiger partial charge in [0.05, 0.1) is 6.04 Å². The van der Waals surface area contributed by atoms with Crippen molar-refractivity contribution in [2.24, 2.45) is 11.3 Å². The minimum atomic E-state index is -0.830. The molecule has 3 fully saturated rings. The van der Waals surface area contributed by atoms with E-state index in [1.165, 1.54) is 11.0 Å². The Hall–Kier alpha value is -1.89. The molecule has 4 rings (SSSR count). The van der Waals surface area contributed by atoms with E-state index in [1.54, 1.807) is 6.92 Å². The molecule has 1 heterocycles. The monoisotopic (exact) mass is 383 g/mol. The molecule has 2 aliphatic carbocycles. The summed E-state index contributed by atoms with van der Waals surface area (Å²) in [6.07, 6.45) is 3.02. The Morgan fingerprint density at radius 1 is 1.42 bits per heavy atom. The zero-order chi connectivity index (χ0) is 18.6. The van der Waals surface area contributed by atoms with Gasteiger partial charge in [0.2, 0.25) is 5.91 Å². The largest absolute Gasteiger partial charge is 0.353 e. The van der Waals surface area contributed by atoms with Crippen molar-refractivity contribution in [2.75, 3.05) is 13.1 Å². The number of halogens is 3. The van der Waals surface area contributed by atoms with Gasteiger partial charge in [-0.25, -0.2) is 13.6 Å². The molecule has 0 bridgehead atoms. The van der Waals surface area contributed by atoms with Gasteiger partial charge in [-0.3, -0.25) is 4.79 Å². The maximum Gasteiger partial charge on any atom is 0.318 e.